The first-order chi connectivity index (χ1) is 4.10. The lowest BCUT2D eigenvalue weighted by atomic mass is 10.0. The Bertz CT molecular complexity index is 142. The van der Waals surface area contributed by atoms with Gasteiger partial charge in [0, 0.05) is 0 Å². The molecule has 0 saturated heterocycles. The molecule has 1 aliphatic carbocycles. The zero-order chi connectivity index (χ0) is 6.91. The predicted octanol–water partition coefficient (Wildman–Crippen LogP) is 1.47. The van der Waals surface area contributed by atoms with E-state index in [1.165, 1.54) is 0 Å². The van der Waals surface area contributed by atoms with Crippen LogP contribution < -0.4 is 0 Å². The van der Waals surface area contributed by atoms with Crippen molar-refractivity contribution in [3.8, 4) is 0 Å². The molecule has 0 radical (unpaired) electrons. The van der Waals surface area contributed by atoms with Crippen LogP contribution >= 0.6 is 11.6 Å². The molecule has 1 aliphatic rings. The second-order valence-electron chi connectivity index (χ2n) is 2.36. The maximum Gasteiger partial charge on any atom is 0.0904 e. The van der Waals surface area contributed by atoms with Gasteiger partial charge in [0.1, 0.15) is 0 Å². The van der Waals surface area contributed by atoms with Crippen molar-refractivity contribution in [3.05, 3.63) is 24.3 Å². The predicted molar refractivity (Wildman–Crippen MR) is 38.5 cm³/mol. The van der Waals surface area contributed by atoms with E-state index >= 15 is 0 Å². The highest BCUT2D eigenvalue weighted by molar-refractivity contribution is 6.26. The number of rotatable bonds is 0. The maximum atomic E-state index is 8.91. The molecule has 1 rings (SSSR count). The van der Waals surface area contributed by atoms with Crippen molar-refractivity contribution in [2.75, 3.05) is 0 Å². The number of alkyl halides is 1. The van der Waals surface area contributed by atoms with Crippen LogP contribution in [-0.2, 0) is 0 Å². The molecule has 0 aromatic carbocycles. The number of allylic oxidation sites excluding steroid dienone is 2. The molecular formula is C7H9ClO. The van der Waals surface area contributed by atoms with Gasteiger partial charge in [0.15, 0.2) is 0 Å². The van der Waals surface area contributed by atoms with E-state index in [2.05, 4.69) is 0 Å². The van der Waals surface area contributed by atoms with Crippen LogP contribution in [0.25, 0.3) is 0 Å². The number of halogens is 1. The Kier molecular flexibility index (Phi) is 1.64. The third kappa shape index (κ3) is 1.84. The summed E-state index contributed by atoms with van der Waals surface area (Å²) in [5.41, 5.74) is 0. The standard InChI is InChI=1S/C7H9ClO/c1-7(8)4-2-6(9)3-5-7/h2-6,9H,1H3. The summed E-state index contributed by atoms with van der Waals surface area (Å²) in [5, 5.41) is 8.91. The van der Waals surface area contributed by atoms with Gasteiger partial charge in [-0.3, -0.25) is 0 Å². The number of hydrogen-bond donors (Lipinski definition) is 1. The third-order valence-electron chi connectivity index (χ3n) is 1.24. The summed E-state index contributed by atoms with van der Waals surface area (Å²) in [7, 11) is 0. The van der Waals surface area contributed by atoms with E-state index in [4.69, 9.17) is 16.7 Å². The fourth-order valence-corrected chi connectivity index (χ4v) is 0.839. The first-order valence-corrected chi connectivity index (χ1v) is 3.24. The van der Waals surface area contributed by atoms with E-state index < -0.39 is 6.10 Å². The first kappa shape index (κ1) is 6.84. The summed E-state index contributed by atoms with van der Waals surface area (Å²) in [6.07, 6.45) is 6.45. The normalized spacial score (nSPS) is 41.4. The van der Waals surface area contributed by atoms with Crippen LogP contribution in [0.5, 0.6) is 0 Å². The van der Waals surface area contributed by atoms with Crippen molar-refractivity contribution in [3.63, 3.8) is 0 Å². The molecule has 0 unspecified atom stereocenters. The van der Waals surface area contributed by atoms with Crippen LogP contribution in [0.4, 0.5) is 0 Å². The van der Waals surface area contributed by atoms with Crippen molar-refractivity contribution < 1.29 is 5.11 Å². The molecule has 9 heavy (non-hydrogen) atoms. The van der Waals surface area contributed by atoms with Gasteiger partial charge in [-0.15, -0.1) is 11.6 Å². The van der Waals surface area contributed by atoms with Crippen LogP contribution in [-0.4, -0.2) is 16.1 Å². The van der Waals surface area contributed by atoms with Crippen LogP contribution in [0.2, 0.25) is 0 Å². The lowest BCUT2D eigenvalue weighted by Crippen LogP contribution is -2.15. The SMILES string of the molecule is CC1(Cl)C=CC(O)C=C1. The molecule has 1 N–H and O–H groups in total. The van der Waals surface area contributed by atoms with Crippen LogP contribution in [0.15, 0.2) is 24.3 Å². The molecule has 2 heteroatoms. The second-order valence-corrected chi connectivity index (χ2v) is 3.17. The minimum atomic E-state index is -0.447. The molecule has 50 valence electrons. The topological polar surface area (TPSA) is 20.2 Å². The van der Waals surface area contributed by atoms with Gasteiger partial charge in [0.2, 0.25) is 0 Å². The van der Waals surface area contributed by atoms with Crippen LogP contribution in [0, 0.1) is 0 Å². The van der Waals surface area contributed by atoms with Crippen molar-refractivity contribution in [2.24, 2.45) is 0 Å². The van der Waals surface area contributed by atoms with Gasteiger partial charge in [-0.1, -0.05) is 24.3 Å². The quantitative estimate of drug-likeness (QED) is 0.403. The van der Waals surface area contributed by atoms with E-state index in [1.54, 1.807) is 24.3 Å². The zero-order valence-electron chi connectivity index (χ0n) is 5.21. The Labute approximate surface area is 59.6 Å². The van der Waals surface area contributed by atoms with Crippen molar-refractivity contribution in [1.82, 2.24) is 0 Å². The fraction of sp³-hybridized carbons (Fsp3) is 0.429. The third-order valence-corrected chi connectivity index (χ3v) is 1.49. The minimum absolute atomic E-state index is 0.390. The molecule has 0 bridgehead atoms. The van der Waals surface area contributed by atoms with E-state index in [1.807, 2.05) is 6.92 Å². The summed E-state index contributed by atoms with van der Waals surface area (Å²) in [6, 6.07) is 0. The molecular weight excluding hydrogens is 136 g/mol. The lowest BCUT2D eigenvalue weighted by molar-refractivity contribution is 0.269. The summed E-state index contributed by atoms with van der Waals surface area (Å²) in [6.45, 7) is 1.87. The summed E-state index contributed by atoms with van der Waals surface area (Å²) < 4.78 is 0. The average Bonchev–Trinajstić information content (AvgIpc) is 1.78. The average molecular weight is 145 g/mol. The highest BCUT2D eigenvalue weighted by atomic mass is 35.5. The molecule has 0 saturated carbocycles. The second kappa shape index (κ2) is 2.16. The lowest BCUT2D eigenvalue weighted by Gasteiger charge is -2.16. The molecule has 0 aromatic rings. The van der Waals surface area contributed by atoms with E-state index in [0.29, 0.717) is 0 Å². The van der Waals surface area contributed by atoms with Crippen LogP contribution in [0.1, 0.15) is 6.92 Å². The highest BCUT2D eigenvalue weighted by Crippen LogP contribution is 2.21. The molecule has 0 fully saturated rings. The van der Waals surface area contributed by atoms with Crippen molar-refractivity contribution in [1.29, 1.82) is 0 Å². The Hall–Kier alpha value is -0.270. The molecule has 0 aromatic heterocycles. The zero-order valence-corrected chi connectivity index (χ0v) is 5.97. The molecule has 0 amide bonds. The van der Waals surface area contributed by atoms with E-state index in [9.17, 15) is 0 Å². The minimum Gasteiger partial charge on any atom is -0.385 e. The van der Waals surface area contributed by atoms with Gasteiger partial charge < -0.3 is 5.11 Å². The summed E-state index contributed by atoms with van der Waals surface area (Å²) in [5.74, 6) is 0. The Morgan fingerprint density at radius 3 is 2.22 bits per heavy atom. The van der Waals surface area contributed by atoms with E-state index in [0.717, 1.165) is 0 Å². The largest absolute Gasteiger partial charge is 0.385 e. The Morgan fingerprint density at radius 2 is 1.89 bits per heavy atom. The summed E-state index contributed by atoms with van der Waals surface area (Å²) >= 11 is 5.85. The summed E-state index contributed by atoms with van der Waals surface area (Å²) in [4.78, 5) is -0.390. The monoisotopic (exact) mass is 144 g/mol. The van der Waals surface area contributed by atoms with Crippen molar-refractivity contribution >= 4 is 11.6 Å². The Morgan fingerprint density at radius 1 is 1.44 bits per heavy atom. The smallest absolute Gasteiger partial charge is 0.0904 e. The van der Waals surface area contributed by atoms with Gasteiger partial charge >= 0.3 is 0 Å². The van der Waals surface area contributed by atoms with Crippen LogP contribution in [0.3, 0.4) is 0 Å². The molecule has 0 spiro atoms. The van der Waals surface area contributed by atoms with Crippen molar-refractivity contribution in [2.45, 2.75) is 17.9 Å². The van der Waals surface area contributed by atoms with Gasteiger partial charge in [-0.2, -0.15) is 0 Å². The first-order valence-electron chi connectivity index (χ1n) is 2.86. The molecule has 1 nitrogen and oxygen atoms in total. The highest BCUT2D eigenvalue weighted by Gasteiger charge is 2.15. The molecule has 0 aliphatic heterocycles. The molecule has 0 atom stereocenters. The van der Waals surface area contributed by atoms with Gasteiger partial charge in [-0.05, 0) is 6.92 Å². The number of hydrogen-bond acceptors (Lipinski definition) is 1. The number of aliphatic hydroxyl groups excluding tert-OH is 1. The number of aliphatic hydroxyl groups is 1. The van der Waals surface area contributed by atoms with Gasteiger partial charge in [-0.25, -0.2) is 0 Å². The fourth-order valence-electron chi connectivity index (χ4n) is 0.693. The van der Waals surface area contributed by atoms with E-state index in [-0.39, 0.29) is 4.87 Å². The van der Waals surface area contributed by atoms with Gasteiger partial charge in [0.05, 0.1) is 11.0 Å². The van der Waals surface area contributed by atoms with Gasteiger partial charge in [0.25, 0.3) is 0 Å². The Balaban J connectivity index is 2.70. The maximum absolute atomic E-state index is 8.91. The molecule has 0 heterocycles.